The summed E-state index contributed by atoms with van der Waals surface area (Å²) in [5.74, 6) is -0.0300. The molecule has 2 saturated heterocycles. The Hall–Kier alpha value is -1.08. The zero-order valence-electron chi connectivity index (χ0n) is 33.5. The molecule has 316 valence electrons. The van der Waals surface area contributed by atoms with Crippen molar-refractivity contribution in [3.63, 3.8) is 0 Å². The smallest absolute Gasteiger partial charge is 0.187 e. The highest BCUT2D eigenvalue weighted by atomic mass is 16.7. The average molecular weight is 785 g/mol. The highest BCUT2D eigenvalue weighted by Crippen LogP contribution is 2.67. The lowest BCUT2D eigenvalue weighted by atomic mass is 9.47. The summed E-state index contributed by atoms with van der Waals surface area (Å²) in [5, 5.41) is 88.3. The molecule has 0 spiro atoms. The van der Waals surface area contributed by atoms with E-state index < -0.39 is 97.8 Å². The number of methoxy groups -OCH3 is 2. The van der Waals surface area contributed by atoms with E-state index in [1.54, 1.807) is 0 Å². The molecule has 0 aromatic heterocycles. The Morgan fingerprint density at radius 2 is 1.58 bits per heavy atom. The zero-order valence-corrected chi connectivity index (χ0v) is 33.5. The zero-order chi connectivity index (χ0) is 40.1. The van der Waals surface area contributed by atoms with Crippen LogP contribution in [0.4, 0.5) is 0 Å². The van der Waals surface area contributed by atoms with E-state index in [0.29, 0.717) is 31.6 Å². The number of ether oxygens (including phenoxy) is 6. The topological polar surface area (TPSA) is 217 Å². The molecule has 20 unspecified atom stereocenters. The molecule has 0 aromatic carbocycles. The van der Waals surface area contributed by atoms with Crippen molar-refractivity contribution in [1.82, 2.24) is 0 Å². The van der Waals surface area contributed by atoms with Crippen molar-refractivity contribution >= 4 is 0 Å². The van der Waals surface area contributed by atoms with E-state index in [1.165, 1.54) is 14.2 Å². The number of aliphatic hydroxyl groups is 8. The molecule has 14 heteroatoms. The maximum absolute atomic E-state index is 12.4. The maximum Gasteiger partial charge on any atom is 0.187 e. The number of hydrogen-bond donors (Lipinski definition) is 8. The van der Waals surface area contributed by atoms with E-state index in [2.05, 4.69) is 46.8 Å². The van der Waals surface area contributed by atoms with Gasteiger partial charge in [-0.2, -0.15) is 0 Å². The summed E-state index contributed by atoms with van der Waals surface area (Å²) in [4.78, 5) is 0. The van der Waals surface area contributed by atoms with E-state index in [-0.39, 0.29) is 35.7 Å². The van der Waals surface area contributed by atoms with Crippen molar-refractivity contribution < 1.29 is 69.3 Å². The first-order chi connectivity index (χ1) is 26.0. The van der Waals surface area contributed by atoms with E-state index in [4.69, 9.17) is 28.4 Å². The van der Waals surface area contributed by atoms with Crippen molar-refractivity contribution in [2.45, 2.75) is 165 Å². The molecule has 5 fully saturated rings. The second-order valence-electron chi connectivity index (χ2n) is 18.2. The number of aliphatic hydroxyl groups excluding tert-OH is 8. The minimum absolute atomic E-state index is 0.000736. The molecule has 6 rings (SSSR count). The van der Waals surface area contributed by atoms with Gasteiger partial charge in [0.25, 0.3) is 0 Å². The molecule has 6 aliphatic rings. The SMILES string of the molecule is COCC(O)C1OC(OC2C3=C4CC(OC5OC(CO)C(O)C(OC)C5O)C(C(C)C=CCC(C)C)C4(C)CCC3C3(C)CCC(O)CC3C2O)C(O)C1O. The third-order valence-corrected chi connectivity index (χ3v) is 14.4. The molecule has 14 nitrogen and oxygen atoms in total. The monoisotopic (exact) mass is 784 g/mol. The predicted molar refractivity (Wildman–Crippen MR) is 198 cm³/mol. The minimum Gasteiger partial charge on any atom is -0.394 e. The predicted octanol–water partition coefficient (Wildman–Crippen LogP) is 1.18. The van der Waals surface area contributed by atoms with Crippen molar-refractivity contribution in [3.05, 3.63) is 23.3 Å². The van der Waals surface area contributed by atoms with Crippen LogP contribution in [-0.2, 0) is 28.4 Å². The van der Waals surface area contributed by atoms with Crippen LogP contribution in [-0.4, -0.2) is 154 Å². The summed E-state index contributed by atoms with van der Waals surface area (Å²) < 4.78 is 36.0. The van der Waals surface area contributed by atoms with Gasteiger partial charge in [0.05, 0.1) is 31.5 Å². The standard InChI is InChI=1S/C41H68O14/c1-19(2)9-8-10-20(3)29-26(52-39-34(49)37(51-7)31(46)27(17-42)53-39)16-23-28-22(12-14-41(23,29)5)40(4)13-11-21(43)15-24(40)30(45)36(28)55-38-33(48)32(47)35(54-38)25(44)18-50-6/h8,10,19-22,24-27,29-39,42-49H,9,11-18H2,1-7H3. The largest absolute Gasteiger partial charge is 0.394 e. The Labute approximate surface area is 325 Å². The fraction of sp³-hybridized carbons (Fsp3) is 0.902. The van der Waals surface area contributed by atoms with Crippen molar-refractivity contribution in [2.24, 2.45) is 40.4 Å². The van der Waals surface area contributed by atoms with E-state index in [9.17, 15) is 40.9 Å². The minimum atomic E-state index is -1.51. The molecule has 0 radical (unpaired) electrons. The quantitative estimate of drug-likeness (QED) is 0.123. The average Bonchev–Trinajstić information content (AvgIpc) is 3.59. The van der Waals surface area contributed by atoms with Gasteiger partial charge >= 0.3 is 0 Å². The normalized spacial score (nSPS) is 48.6. The van der Waals surface area contributed by atoms with Crippen LogP contribution in [0.2, 0.25) is 0 Å². The van der Waals surface area contributed by atoms with Crippen LogP contribution in [0.15, 0.2) is 23.3 Å². The Morgan fingerprint density at radius 3 is 2.24 bits per heavy atom. The van der Waals surface area contributed by atoms with Crippen molar-refractivity contribution in [1.29, 1.82) is 0 Å². The van der Waals surface area contributed by atoms with Gasteiger partial charge in [-0.05, 0) is 85.0 Å². The van der Waals surface area contributed by atoms with Crippen LogP contribution in [0.3, 0.4) is 0 Å². The molecule has 4 aliphatic carbocycles. The fourth-order valence-corrected chi connectivity index (χ4v) is 11.5. The van der Waals surface area contributed by atoms with Gasteiger partial charge in [-0.25, -0.2) is 0 Å². The molecule has 55 heavy (non-hydrogen) atoms. The van der Waals surface area contributed by atoms with Crippen LogP contribution in [0.5, 0.6) is 0 Å². The number of hydrogen-bond acceptors (Lipinski definition) is 14. The Morgan fingerprint density at radius 1 is 0.873 bits per heavy atom. The molecular formula is C41H68O14. The van der Waals surface area contributed by atoms with Crippen molar-refractivity contribution in [3.8, 4) is 0 Å². The maximum atomic E-state index is 12.4. The molecule has 2 aliphatic heterocycles. The highest BCUT2D eigenvalue weighted by molar-refractivity contribution is 5.40. The summed E-state index contributed by atoms with van der Waals surface area (Å²) in [6.45, 7) is 10.3. The summed E-state index contributed by atoms with van der Waals surface area (Å²) in [7, 11) is 2.79. The lowest BCUT2D eigenvalue weighted by Crippen LogP contribution is -2.60. The van der Waals surface area contributed by atoms with Gasteiger partial charge < -0.3 is 69.3 Å². The Balaban J connectivity index is 1.43. The highest BCUT2D eigenvalue weighted by Gasteiger charge is 2.64. The summed E-state index contributed by atoms with van der Waals surface area (Å²) in [5.41, 5.74) is 1.14. The lowest BCUT2D eigenvalue weighted by molar-refractivity contribution is -0.318. The van der Waals surface area contributed by atoms with Crippen LogP contribution >= 0.6 is 0 Å². The third kappa shape index (κ3) is 7.88. The van der Waals surface area contributed by atoms with E-state index in [0.717, 1.165) is 30.4 Å². The van der Waals surface area contributed by atoms with Crippen LogP contribution in [0, 0.1) is 40.4 Å². The van der Waals surface area contributed by atoms with Gasteiger partial charge in [0.1, 0.15) is 54.9 Å². The number of fused-ring (bicyclic) bond motifs is 4. The van der Waals surface area contributed by atoms with Crippen LogP contribution < -0.4 is 0 Å². The first kappa shape index (κ1) is 43.5. The summed E-state index contributed by atoms with van der Waals surface area (Å²) in [6, 6.07) is 0. The molecular weight excluding hydrogens is 716 g/mol. The van der Waals surface area contributed by atoms with E-state index >= 15 is 0 Å². The summed E-state index contributed by atoms with van der Waals surface area (Å²) in [6.07, 6.45) is -6.78. The van der Waals surface area contributed by atoms with Gasteiger partial charge in [-0.3, -0.25) is 0 Å². The van der Waals surface area contributed by atoms with Crippen LogP contribution in [0.25, 0.3) is 0 Å². The Bertz CT molecular complexity index is 1360. The molecule has 2 heterocycles. The third-order valence-electron chi connectivity index (χ3n) is 14.4. The molecule has 3 saturated carbocycles. The van der Waals surface area contributed by atoms with E-state index in [1.807, 2.05) is 0 Å². The summed E-state index contributed by atoms with van der Waals surface area (Å²) >= 11 is 0. The van der Waals surface area contributed by atoms with Crippen LogP contribution in [0.1, 0.15) is 79.6 Å². The van der Waals surface area contributed by atoms with Crippen molar-refractivity contribution in [2.75, 3.05) is 27.4 Å². The van der Waals surface area contributed by atoms with Gasteiger partial charge in [0, 0.05) is 20.1 Å². The van der Waals surface area contributed by atoms with Gasteiger partial charge in [-0.15, -0.1) is 0 Å². The molecule has 8 N–H and O–H groups in total. The van der Waals surface area contributed by atoms with Gasteiger partial charge in [0.2, 0.25) is 0 Å². The number of rotatable bonds is 13. The molecule has 0 amide bonds. The van der Waals surface area contributed by atoms with Gasteiger partial charge in [0.15, 0.2) is 12.6 Å². The lowest BCUT2D eigenvalue weighted by Gasteiger charge is -2.60. The first-order valence-electron chi connectivity index (χ1n) is 20.4. The first-order valence-corrected chi connectivity index (χ1v) is 20.4. The Kier molecular flexibility index (Phi) is 13.6. The molecule has 0 bridgehead atoms. The number of allylic oxidation sites excluding steroid dienone is 2. The van der Waals surface area contributed by atoms with Gasteiger partial charge in [-0.1, -0.05) is 52.3 Å². The molecule has 20 atom stereocenters. The second-order valence-corrected chi connectivity index (χ2v) is 18.2. The fourth-order valence-electron chi connectivity index (χ4n) is 11.5. The second kappa shape index (κ2) is 17.3. The molecule has 0 aromatic rings.